The van der Waals surface area contributed by atoms with Crippen molar-refractivity contribution in [3.8, 4) is 0 Å². The fourth-order valence-corrected chi connectivity index (χ4v) is 4.11. The zero-order valence-corrected chi connectivity index (χ0v) is 10.2. The third-order valence-electron chi connectivity index (χ3n) is 1.93. The first-order chi connectivity index (χ1) is 6.02. The Balaban J connectivity index is 2.81. The summed E-state index contributed by atoms with van der Waals surface area (Å²) in [7, 11) is -1.72. The van der Waals surface area contributed by atoms with Gasteiger partial charge in [-0.25, -0.2) is 0 Å². The third kappa shape index (κ3) is 3.18. The van der Waals surface area contributed by atoms with Gasteiger partial charge >= 0.3 is 0 Å². The van der Waals surface area contributed by atoms with Crippen LogP contribution >= 0.6 is 12.6 Å². The summed E-state index contributed by atoms with van der Waals surface area (Å²) >= 11 is 4.25. The highest BCUT2D eigenvalue weighted by molar-refractivity contribution is 7.80. The molecule has 1 unspecified atom stereocenters. The van der Waals surface area contributed by atoms with Crippen LogP contribution in [0.5, 0.6) is 0 Å². The van der Waals surface area contributed by atoms with Gasteiger partial charge in [-0.05, 0) is 25.2 Å². The fraction of sp³-hybridized carbons (Fsp3) is 0.400. The summed E-state index contributed by atoms with van der Waals surface area (Å²) in [4.78, 5) is 0. The average Bonchev–Trinajstić information content (AvgIpc) is 2.04. The van der Waals surface area contributed by atoms with Gasteiger partial charge in [0.1, 0.15) is 0 Å². The lowest BCUT2D eigenvalue weighted by atomic mass is 10.4. The molecule has 1 atom stereocenters. The van der Waals surface area contributed by atoms with Crippen LogP contribution < -0.4 is 5.19 Å². The van der Waals surface area contributed by atoms with E-state index in [1.165, 1.54) is 5.19 Å². The molecule has 0 aliphatic heterocycles. The number of hydrogen-bond acceptors (Lipinski definition) is 2. The Kier molecular flexibility index (Phi) is 3.59. The first-order valence-corrected chi connectivity index (χ1v) is 7.86. The van der Waals surface area contributed by atoms with Gasteiger partial charge < -0.3 is 4.43 Å². The average molecular weight is 212 g/mol. The molecule has 0 aliphatic carbocycles. The highest BCUT2D eigenvalue weighted by atomic mass is 32.1. The predicted molar refractivity (Wildman–Crippen MR) is 63.1 cm³/mol. The molecule has 1 aromatic rings. The summed E-state index contributed by atoms with van der Waals surface area (Å²) in [6.45, 7) is 6.34. The molecule has 0 aromatic heterocycles. The van der Waals surface area contributed by atoms with Gasteiger partial charge in [-0.2, -0.15) is 0 Å². The van der Waals surface area contributed by atoms with Crippen molar-refractivity contribution in [3.63, 3.8) is 0 Å². The molecule has 0 fully saturated rings. The minimum absolute atomic E-state index is 0.0156. The van der Waals surface area contributed by atoms with E-state index in [-0.39, 0.29) is 5.44 Å². The number of thiol groups is 1. The molecular formula is C10H16OSSi. The van der Waals surface area contributed by atoms with Gasteiger partial charge in [-0.15, -0.1) is 12.6 Å². The van der Waals surface area contributed by atoms with Crippen LogP contribution in [0.4, 0.5) is 0 Å². The maximum atomic E-state index is 5.83. The molecule has 72 valence electrons. The van der Waals surface area contributed by atoms with Crippen molar-refractivity contribution in [2.24, 2.45) is 0 Å². The van der Waals surface area contributed by atoms with Gasteiger partial charge in [-0.1, -0.05) is 30.3 Å². The first-order valence-electron chi connectivity index (χ1n) is 4.44. The fourth-order valence-electron chi connectivity index (χ4n) is 1.33. The Labute approximate surface area is 86.7 Å². The SMILES string of the molecule is CC(S)O[Si](C)(C)c1ccccc1. The Hall–Kier alpha value is -0.253. The van der Waals surface area contributed by atoms with Crippen molar-refractivity contribution >= 4 is 26.1 Å². The van der Waals surface area contributed by atoms with Crippen molar-refractivity contribution in [2.45, 2.75) is 25.5 Å². The standard InChI is InChI=1S/C10H16OSSi/c1-9(12)11-13(2,3)10-7-5-4-6-8-10/h4-9,12H,1-3H3. The molecule has 0 amide bonds. The van der Waals surface area contributed by atoms with Gasteiger partial charge in [-0.3, -0.25) is 0 Å². The summed E-state index contributed by atoms with van der Waals surface area (Å²) in [5.74, 6) is 0. The monoisotopic (exact) mass is 212 g/mol. The van der Waals surface area contributed by atoms with E-state index < -0.39 is 8.32 Å². The van der Waals surface area contributed by atoms with Gasteiger partial charge in [0.25, 0.3) is 0 Å². The third-order valence-corrected chi connectivity index (χ3v) is 4.90. The lowest BCUT2D eigenvalue weighted by Crippen LogP contribution is -2.45. The first kappa shape index (κ1) is 10.8. The van der Waals surface area contributed by atoms with E-state index in [4.69, 9.17) is 4.43 Å². The van der Waals surface area contributed by atoms with Gasteiger partial charge in [0.15, 0.2) is 0 Å². The highest BCUT2D eigenvalue weighted by Crippen LogP contribution is 2.10. The van der Waals surface area contributed by atoms with Gasteiger partial charge in [0.2, 0.25) is 8.32 Å². The van der Waals surface area contributed by atoms with Crippen LogP contribution in [0.2, 0.25) is 13.1 Å². The number of rotatable bonds is 3. The Morgan fingerprint density at radius 2 is 1.77 bits per heavy atom. The molecule has 0 saturated carbocycles. The normalized spacial score (nSPS) is 14.2. The second-order valence-corrected chi connectivity index (χ2v) is 8.15. The molecule has 1 rings (SSSR count). The molecule has 0 heterocycles. The lowest BCUT2D eigenvalue weighted by molar-refractivity contribution is 0.307. The molecule has 0 N–H and O–H groups in total. The number of hydrogen-bond donors (Lipinski definition) is 1. The Morgan fingerprint density at radius 1 is 1.23 bits per heavy atom. The second kappa shape index (κ2) is 4.31. The van der Waals surface area contributed by atoms with E-state index in [1.807, 2.05) is 13.0 Å². The molecule has 1 aromatic carbocycles. The minimum Gasteiger partial charge on any atom is -0.402 e. The van der Waals surface area contributed by atoms with E-state index in [0.717, 1.165) is 0 Å². The van der Waals surface area contributed by atoms with Gasteiger partial charge in [0, 0.05) is 0 Å². The summed E-state index contributed by atoms with van der Waals surface area (Å²) in [5, 5.41) is 1.32. The smallest absolute Gasteiger partial charge is 0.219 e. The van der Waals surface area contributed by atoms with Crippen molar-refractivity contribution < 1.29 is 4.43 Å². The van der Waals surface area contributed by atoms with E-state index in [0.29, 0.717) is 0 Å². The van der Waals surface area contributed by atoms with Crippen LogP contribution in [0, 0.1) is 0 Å². The van der Waals surface area contributed by atoms with Crippen LogP contribution in [-0.4, -0.2) is 13.8 Å². The van der Waals surface area contributed by atoms with Crippen molar-refractivity contribution in [3.05, 3.63) is 30.3 Å². The number of benzene rings is 1. The molecule has 0 radical (unpaired) electrons. The van der Waals surface area contributed by atoms with Crippen LogP contribution in [0.3, 0.4) is 0 Å². The van der Waals surface area contributed by atoms with Crippen LogP contribution in [-0.2, 0) is 4.43 Å². The largest absolute Gasteiger partial charge is 0.402 e. The van der Waals surface area contributed by atoms with Crippen molar-refractivity contribution in [2.75, 3.05) is 0 Å². The Morgan fingerprint density at radius 3 is 2.23 bits per heavy atom. The maximum absolute atomic E-state index is 5.83. The molecule has 3 heteroatoms. The minimum atomic E-state index is -1.72. The molecule has 0 saturated heterocycles. The summed E-state index contributed by atoms with van der Waals surface area (Å²) in [5.41, 5.74) is 0.0156. The quantitative estimate of drug-likeness (QED) is 0.460. The molecule has 0 spiro atoms. The molecule has 13 heavy (non-hydrogen) atoms. The molecule has 0 bridgehead atoms. The summed E-state index contributed by atoms with van der Waals surface area (Å²) in [6.07, 6.45) is 0. The molecule has 1 nitrogen and oxygen atoms in total. The summed E-state index contributed by atoms with van der Waals surface area (Å²) < 4.78 is 5.83. The Bertz CT molecular complexity index is 259. The van der Waals surface area contributed by atoms with E-state index >= 15 is 0 Å². The second-order valence-electron chi connectivity index (χ2n) is 3.59. The van der Waals surface area contributed by atoms with E-state index in [2.05, 4.69) is 50.0 Å². The molecular weight excluding hydrogens is 196 g/mol. The van der Waals surface area contributed by atoms with Gasteiger partial charge in [0.05, 0.1) is 5.44 Å². The van der Waals surface area contributed by atoms with Crippen molar-refractivity contribution in [1.29, 1.82) is 0 Å². The van der Waals surface area contributed by atoms with Crippen LogP contribution in [0.1, 0.15) is 6.92 Å². The topological polar surface area (TPSA) is 9.23 Å². The van der Waals surface area contributed by atoms with Crippen LogP contribution in [0.25, 0.3) is 0 Å². The zero-order valence-electron chi connectivity index (χ0n) is 8.32. The zero-order chi connectivity index (χ0) is 9.90. The highest BCUT2D eigenvalue weighted by Gasteiger charge is 2.26. The van der Waals surface area contributed by atoms with Crippen LogP contribution in [0.15, 0.2) is 30.3 Å². The molecule has 0 aliphatic rings. The predicted octanol–water partition coefficient (Wildman–Crippen LogP) is 2.39. The van der Waals surface area contributed by atoms with E-state index in [9.17, 15) is 0 Å². The van der Waals surface area contributed by atoms with E-state index in [1.54, 1.807) is 0 Å². The lowest BCUT2D eigenvalue weighted by Gasteiger charge is -2.25. The summed E-state index contributed by atoms with van der Waals surface area (Å²) in [6, 6.07) is 10.4. The van der Waals surface area contributed by atoms with Crippen molar-refractivity contribution in [1.82, 2.24) is 0 Å². The maximum Gasteiger partial charge on any atom is 0.219 e.